The first-order valence-corrected chi connectivity index (χ1v) is 5.88. The minimum Gasteiger partial charge on any atom is -0.481 e. The normalized spacial score (nSPS) is 19.6. The maximum absolute atomic E-state index is 10.4. The summed E-state index contributed by atoms with van der Waals surface area (Å²) in [5.41, 5.74) is 0. The lowest BCUT2D eigenvalue weighted by Crippen LogP contribution is -2.06. The monoisotopic (exact) mass is 240 g/mol. The van der Waals surface area contributed by atoms with Crippen LogP contribution in [-0.4, -0.2) is 34.0 Å². The van der Waals surface area contributed by atoms with E-state index in [0.29, 0.717) is 30.7 Å². The van der Waals surface area contributed by atoms with E-state index in [9.17, 15) is 4.79 Å². The molecule has 1 N–H and O–H groups in total. The molecule has 6 heteroatoms. The molecule has 6 nitrogen and oxygen atoms in total. The zero-order valence-electron chi connectivity index (χ0n) is 9.59. The van der Waals surface area contributed by atoms with Gasteiger partial charge in [-0.25, -0.2) is 0 Å². The fourth-order valence-corrected chi connectivity index (χ4v) is 1.86. The molecular weight excluding hydrogens is 224 g/mol. The summed E-state index contributed by atoms with van der Waals surface area (Å²) < 4.78 is 10.8. The molecule has 0 spiro atoms. The van der Waals surface area contributed by atoms with Crippen LogP contribution in [0.2, 0.25) is 0 Å². The van der Waals surface area contributed by atoms with Gasteiger partial charge in [0.1, 0.15) is 0 Å². The highest BCUT2D eigenvalue weighted by Gasteiger charge is 2.17. The molecule has 94 valence electrons. The second kappa shape index (κ2) is 5.77. The van der Waals surface area contributed by atoms with Gasteiger partial charge in [0.2, 0.25) is 11.8 Å². The summed E-state index contributed by atoms with van der Waals surface area (Å²) in [7, 11) is 0. The van der Waals surface area contributed by atoms with Crippen molar-refractivity contribution in [3.8, 4) is 0 Å². The van der Waals surface area contributed by atoms with Crippen molar-refractivity contribution in [2.45, 2.75) is 44.6 Å². The molecule has 1 unspecified atom stereocenters. The highest BCUT2D eigenvalue weighted by Crippen LogP contribution is 2.17. The van der Waals surface area contributed by atoms with Crippen LogP contribution in [0.4, 0.5) is 0 Å². The second-order valence-electron chi connectivity index (χ2n) is 4.16. The van der Waals surface area contributed by atoms with E-state index >= 15 is 0 Å². The quantitative estimate of drug-likeness (QED) is 0.804. The molecule has 1 aromatic heterocycles. The van der Waals surface area contributed by atoms with Gasteiger partial charge in [0, 0.05) is 19.4 Å². The molecule has 1 atom stereocenters. The summed E-state index contributed by atoms with van der Waals surface area (Å²) >= 11 is 0. The molecule has 0 aliphatic carbocycles. The third-order valence-corrected chi connectivity index (χ3v) is 2.77. The third kappa shape index (κ3) is 3.81. The number of aromatic nitrogens is 2. The smallest absolute Gasteiger partial charge is 0.303 e. The highest BCUT2D eigenvalue weighted by atomic mass is 16.5. The van der Waals surface area contributed by atoms with Gasteiger partial charge in [-0.05, 0) is 19.3 Å². The molecule has 1 aromatic rings. The van der Waals surface area contributed by atoms with Crippen molar-refractivity contribution < 1.29 is 19.1 Å². The maximum atomic E-state index is 10.4. The number of hydrogen-bond acceptors (Lipinski definition) is 5. The van der Waals surface area contributed by atoms with Crippen molar-refractivity contribution in [3.05, 3.63) is 11.8 Å². The average Bonchev–Trinajstić information content (AvgIpc) is 2.95. The van der Waals surface area contributed by atoms with Crippen LogP contribution in [0.1, 0.15) is 37.5 Å². The van der Waals surface area contributed by atoms with E-state index in [1.54, 1.807) is 0 Å². The molecule has 0 saturated carbocycles. The van der Waals surface area contributed by atoms with Crippen LogP contribution in [0.25, 0.3) is 0 Å². The average molecular weight is 240 g/mol. The van der Waals surface area contributed by atoms with Crippen molar-refractivity contribution >= 4 is 5.97 Å². The van der Waals surface area contributed by atoms with Gasteiger partial charge < -0.3 is 14.3 Å². The number of hydrogen-bond donors (Lipinski definition) is 1. The highest BCUT2D eigenvalue weighted by molar-refractivity contribution is 5.66. The van der Waals surface area contributed by atoms with Crippen LogP contribution in [-0.2, 0) is 22.4 Å². The summed E-state index contributed by atoms with van der Waals surface area (Å²) in [4.78, 5) is 10.4. The van der Waals surface area contributed by atoms with Crippen LogP contribution in [0.3, 0.4) is 0 Å². The van der Waals surface area contributed by atoms with Gasteiger partial charge in [0.05, 0.1) is 12.5 Å². The lowest BCUT2D eigenvalue weighted by atomic mass is 10.1. The Morgan fingerprint density at radius 3 is 2.76 bits per heavy atom. The number of aliphatic carboxylic acids is 1. The predicted molar refractivity (Wildman–Crippen MR) is 57.5 cm³/mol. The molecular formula is C11H16N2O4. The number of carbonyl (C=O) groups is 1. The molecule has 1 aliphatic heterocycles. The molecule has 2 heterocycles. The molecule has 2 rings (SSSR count). The Hall–Kier alpha value is -1.43. The van der Waals surface area contributed by atoms with Crippen LogP contribution < -0.4 is 0 Å². The molecule has 0 bridgehead atoms. The number of carboxylic acids is 1. The van der Waals surface area contributed by atoms with E-state index in [1.807, 2.05) is 0 Å². The zero-order chi connectivity index (χ0) is 12.1. The van der Waals surface area contributed by atoms with E-state index in [-0.39, 0.29) is 6.42 Å². The first-order chi connectivity index (χ1) is 8.24. The molecule has 1 saturated heterocycles. The van der Waals surface area contributed by atoms with Gasteiger partial charge in [0.15, 0.2) is 0 Å². The first-order valence-electron chi connectivity index (χ1n) is 5.88. The van der Waals surface area contributed by atoms with Gasteiger partial charge in [-0.15, -0.1) is 10.2 Å². The van der Waals surface area contributed by atoms with E-state index in [1.165, 1.54) is 0 Å². The minimum absolute atomic E-state index is 0.0212. The van der Waals surface area contributed by atoms with E-state index in [2.05, 4.69) is 10.2 Å². The van der Waals surface area contributed by atoms with Crippen LogP contribution in [0.15, 0.2) is 4.42 Å². The standard InChI is InChI=1S/C11H16N2O4/c14-11(15)6-5-10-13-12-9(17-10)4-3-8-2-1-7-16-8/h8H,1-7H2,(H,14,15). The minimum atomic E-state index is -0.857. The summed E-state index contributed by atoms with van der Waals surface area (Å²) in [5.74, 6) is 0.111. The summed E-state index contributed by atoms with van der Waals surface area (Å²) in [6.45, 7) is 0.846. The number of ether oxygens (including phenoxy) is 1. The fourth-order valence-electron chi connectivity index (χ4n) is 1.86. The summed E-state index contributed by atoms with van der Waals surface area (Å²) in [5, 5.41) is 16.2. The predicted octanol–water partition coefficient (Wildman–Crippen LogP) is 1.20. The van der Waals surface area contributed by atoms with Crippen molar-refractivity contribution in [1.82, 2.24) is 10.2 Å². The zero-order valence-corrected chi connectivity index (χ0v) is 9.59. The number of rotatable bonds is 6. The van der Waals surface area contributed by atoms with Crippen LogP contribution in [0.5, 0.6) is 0 Å². The SMILES string of the molecule is O=C(O)CCc1nnc(CCC2CCCO2)o1. The Bertz CT molecular complexity index is 371. The van der Waals surface area contributed by atoms with E-state index < -0.39 is 5.97 Å². The largest absolute Gasteiger partial charge is 0.481 e. The Kier molecular flexibility index (Phi) is 4.08. The topological polar surface area (TPSA) is 85.5 Å². The number of carboxylic acid groups (broad SMARTS) is 1. The van der Waals surface area contributed by atoms with Crippen molar-refractivity contribution in [3.63, 3.8) is 0 Å². The lowest BCUT2D eigenvalue weighted by Gasteiger charge is -2.05. The number of aryl methyl sites for hydroxylation is 2. The van der Waals surface area contributed by atoms with Crippen molar-refractivity contribution in [1.29, 1.82) is 0 Å². The molecule has 0 aromatic carbocycles. The Morgan fingerprint density at radius 1 is 1.35 bits per heavy atom. The third-order valence-electron chi connectivity index (χ3n) is 2.77. The van der Waals surface area contributed by atoms with E-state index in [4.69, 9.17) is 14.3 Å². The first kappa shape index (κ1) is 12.0. The van der Waals surface area contributed by atoms with Gasteiger partial charge in [-0.1, -0.05) is 0 Å². The van der Waals surface area contributed by atoms with Crippen LogP contribution >= 0.6 is 0 Å². The number of nitrogens with zero attached hydrogens (tertiary/aromatic N) is 2. The molecule has 0 amide bonds. The van der Waals surface area contributed by atoms with Crippen LogP contribution in [0, 0.1) is 0 Å². The molecule has 17 heavy (non-hydrogen) atoms. The van der Waals surface area contributed by atoms with Crippen molar-refractivity contribution in [2.24, 2.45) is 0 Å². The lowest BCUT2D eigenvalue weighted by molar-refractivity contribution is -0.137. The molecule has 0 radical (unpaired) electrons. The molecule has 1 fully saturated rings. The van der Waals surface area contributed by atoms with E-state index in [0.717, 1.165) is 25.9 Å². The van der Waals surface area contributed by atoms with Crippen molar-refractivity contribution in [2.75, 3.05) is 6.61 Å². The summed E-state index contributed by atoms with van der Waals surface area (Å²) in [6.07, 6.45) is 4.43. The maximum Gasteiger partial charge on any atom is 0.303 e. The fraction of sp³-hybridized carbons (Fsp3) is 0.727. The summed E-state index contributed by atoms with van der Waals surface area (Å²) in [6, 6.07) is 0. The van der Waals surface area contributed by atoms with Gasteiger partial charge in [-0.3, -0.25) is 4.79 Å². The van der Waals surface area contributed by atoms with Gasteiger partial charge in [0.25, 0.3) is 0 Å². The Morgan fingerprint density at radius 2 is 2.12 bits per heavy atom. The molecule has 1 aliphatic rings. The Balaban J connectivity index is 1.75. The van der Waals surface area contributed by atoms with Gasteiger partial charge in [-0.2, -0.15) is 0 Å². The van der Waals surface area contributed by atoms with Gasteiger partial charge >= 0.3 is 5.97 Å². The second-order valence-corrected chi connectivity index (χ2v) is 4.16. The Labute approximate surface area is 99.0 Å².